The van der Waals surface area contributed by atoms with Gasteiger partial charge in [0.05, 0.1) is 34.9 Å². The smallest absolute Gasteiger partial charge is 0.241 e. The van der Waals surface area contributed by atoms with E-state index in [0.29, 0.717) is 22.0 Å². The maximum absolute atomic E-state index is 12.4. The number of likely N-dealkylation sites (N-methyl/N-ethyl adjacent to an activating group) is 1. The fourth-order valence-electron chi connectivity index (χ4n) is 2.23. The molecule has 2 amide bonds. The summed E-state index contributed by atoms with van der Waals surface area (Å²) in [6, 6.07) is 15.1. The number of nitriles is 1. The number of anilines is 2. The zero-order chi connectivity index (χ0) is 19.1. The van der Waals surface area contributed by atoms with Crippen molar-refractivity contribution >= 4 is 34.8 Å². The van der Waals surface area contributed by atoms with Gasteiger partial charge in [-0.1, -0.05) is 29.8 Å². The van der Waals surface area contributed by atoms with Crippen molar-refractivity contribution in [2.45, 2.75) is 13.0 Å². The molecule has 0 radical (unpaired) electrons. The van der Waals surface area contributed by atoms with Gasteiger partial charge in [0.2, 0.25) is 11.8 Å². The number of amides is 2. The second-order valence-corrected chi connectivity index (χ2v) is 6.21. The summed E-state index contributed by atoms with van der Waals surface area (Å²) in [6.07, 6.45) is 0. The Kier molecular flexibility index (Phi) is 6.73. The molecule has 0 aliphatic heterocycles. The first kappa shape index (κ1) is 19.4. The predicted molar refractivity (Wildman–Crippen MR) is 102 cm³/mol. The van der Waals surface area contributed by atoms with Gasteiger partial charge in [0.25, 0.3) is 0 Å². The lowest BCUT2D eigenvalue weighted by molar-refractivity contribution is -0.122. The van der Waals surface area contributed by atoms with Gasteiger partial charge in [-0.2, -0.15) is 5.26 Å². The maximum Gasteiger partial charge on any atom is 0.241 e. The van der Waals surface area contributed by atoms with E-state index in [-0.39, 0.29) is 18.4 Å². The summed E-state index contributed by atoms with van der Waals surface area (Å²) in [7, 11) is 1.68. The number of nitrogens with zero attached hydrogens (tertiary/aromatic N) is 2. The van der Waals surface area contributed by atoms with Gasteiger partial charge in [-0.3, -0.25) is 14.5 Å². The topological polar surface area (TPSA) is 85.2 Å². The van der Waals surface area contributed by atoms with E-state index in [1.807, 2.05) is 6.07 Å². The highest BCUT2D eigenvalue weighted by molar-refractivity contribution is 6.33. The minimum absolute atomic E-state index is 0.0258. The largest absolute Gasteiger partial charge is 0.325 e. The van der Waals surface area contributed by atoms with Crippen LogP contribution in [0.25, 0.3) is 0 Å². The minimum Gasteiger partial charge on any atom is -0.325 e. The Morgan fingerprint density at radius 3 is 2.62 bits per heavy atom. The minimum atomic E-state index is -0.544. The lowest BCUT2D eigenvalue weighted by atomic mass is 10.2. The molecule has 0 unspecified atom stereocenters. The number of carbonyl (C=O) groups excluding carboxylic acids is 2. The third-order valence-electron chi connectivity index (χ3n) is 3.84. The van der Waals surface area contributed by atoms with Crippen LogP contribution in [0.3, 0.4) is 0 Å². The second-order valence-electron chi connectivity index (χ2n) is 5.80. The number of halogens is 1. The number of hydrogen-bond acceptors (Lipinski definition) is 4. The predicted octanol–water partition coefficient (Wildman–Crippen LogP) is 3.11. The summed E-state index contributed by atoms with van der Waals surface area (Å²) in [6.45, 7) is 1.73. The fourth-order valence-corrected chi connectivity index (χ4v) is 2.41. The van der Waals surface area contributed by atoms with Crippen LogP contribution in [0.1, 0.15) is 12.5 Å². The lowest BCUT2D eigenvalue weighted by Crippen LogP contribution is -2.43. The summed E-state index contributed by atoms with van der Waals surface area (Å²) in [5, 5.41) is 14.8. The average molecular weight is 371 g/mol. The SMILES string of the molecule is C[C@@H](C(=O)Nc1cccc(C#N)c1)N(C)CC(=O)Nc1ccccc1Cl. The zero-order valence-electron chi connectivity index (χ0n) is 14.5. The normalized spacial score (nSPS) is 11.5. The van der Waals surface area contributed by atoms with Crippen molar-refractivity contribution in [1.29, 1.82) is 5.26 Å². The molecule has 1 atom stereocenters. The van der Waals surface area contributed by atoms with E-state index in [2.05, 4.69) is 10.6 Å². The van der Waals surface area contributed by atoms with Crippen LogP contribution < -0.4 is 10.6 Å². The molecule has 0 aromatic heterocycles. The van der Waals surface area contributed by atoms with Crippen LogP contribution in [-0.4, -0.2) is 36.3 Å². The monoisotopic (exact) mass is 370 g/mol. The summed E-state index contributed by atoms with van der Waals surface area (Å²) in [5.41, 5.74) is 1.52. The van der Waals surface area contributed by atoms with Gasteiger partial charge in [-0.25, -0.2) is 0 Å². The maximum atomic E-state index is 12.4. The molecule has 7 heteroatoms. The molecule has 0 aliphatic carbocycles. The van der Waals surface area contributed by atoms with Crippen molar-refractivity contribution in [2.75, 3.05) is 24.2 Å². The Morgan fingerprint density at radius 1 is 1.19 bits per heavy atom. The molecule has 0 saturated heterocycles. The summed E-state index contributed by atoms with van der Waals surface area (Å²) in [4.78, 5) is 26.1. The number of carbonyl (C=O) groups is 2. The molecule has 2 N–H and O–H groups in total. The first-order chi connectivity index (χ1) is 12.4. The summed E-state index contributed by atoms with van der Waals surface area (Å²) < 4.78 is 0. The molecule has 0 aliphatic rings. The molecule has 6 nitrogen and oxygen atoms in total. The molecule has 2 aromatic rings. The van der Waals surface area contributed by atoms with Gasteiger partial charge >= 0.3 is 0 Å². The molecule has 2 rings (SSSR count). The van der Waals surface area contributed by atoms with Crippen molar-refractivity contribution in [1.82, 2.24) is 4.90 Å². The molecular weight excluding hydrogens is 352 g/mol. The number of benzene rings is 2. The van der Waals surface area contributed by atoms with E-state index in [0.717, 1.165) is 0 Å². The van der Waals surface area contributed by atoms with Crippen molar-refractivity contribution in [3.05, 3.63) is 59.1 Å². The van der Waals surface area contributed by atoms with Gasteiger partial charge in [-0.15, -0.1) is 0 Å². The molecule has 0 spiro atoms. The standard InChI is InChI=1S/C19H19ClN4O2/c1-13(19(26)22-15-7-5-6-14(10-15)11-21)24(2)12-18(25)23-17-9-4-3-8-16(17)20/h3-10,13H,12H2,1-2H3,(H,22,26)(H,23,25)/t13-/m0/s1. The number of rotatable bonds is 6. The molecule has 134 valence electrons. The van der Waals surface area contributed by atoms with Gasteiger partial charge in [0.15, 0.2) is 0 Å². The van der Waals surface area contributed by atoms with Crippen molar-refractivity contribution < 1.29 is 9.59 Å². The van der Waals surface area contributed by atoms with Crippen LogP contribution in [0.4, 0.5) is 11.4 Å². The quantitative estimate of drug-likeness (QED) is 0.818. The van der Waals surface area contributed by atoms with Gasteiger partial charge in [-0.05, 0) is 44.3 Å². The van der Waals surface area contributed by atoms with E-state index in [1.165, 1.54) is 0 Å². The number of para-hydroxylation sites is 1. The summed E-state index contributed by atoms with van der Waals surface area (Å²) in [5.74, 6) is -0.542. The number of nitrogens with one attached hydrogen (secondary N) is 2. The Morgan fingerprint density at radius 2 is 1.92 bits per heavy atom. The molecule has 0 heterocycles. The highest BCUT2D eigenvalue weighted by Gasteiger charge is 2.20. The van der Waals surface area contributed by atoms with Crippen molar-refractivity contribution in [3.8, 4) is 6.07 Å². The van der Waals surface area contributed by atoms with E-state index in [4.69, 9.17) is 16.9 Å². The van der Waals surface area contributed by atoms with E-state index >= 15 is 0 Å². The zero-order valence-corrected chi connectivity index (χ0v) is 15.2. The first-order valence-electron chi connectivity index (χ1n) is 7.96. The van der Waals surface area contributed by atoms with E-state index < -0.39 is 6.04 Å². The highest BCUT2D eigenvalue weighted by Crippen LogP contribution is 2.20. The Bertz CT molecular complexity index is 847. The van der Waals surface area contributed by atoms with Gasteiger partial charge in [0, 0.05) is 5.69 Å². The molecule has 0 saturated carbocycles. The fraction of sp³-hybridized carbons (Fsp3) is 0.211. The lowest BCUT2D eigenvalue weighted by Gasteiger charge is -2.23. The molecule has 0 bridgehead atoms. The third-order valence-corrected chi connectivity index (χ3v) is 4.17. The van der Waals surface area contributed by atoms with E-state index in [9.17, 15) is 9.59 Å². The molecule has 0 fully saturated rings. The number of hydrogen-bond donors (Lipinski definition) is 2. The van der Waals surface area contributed by atoms with Crippen LogP contribution in [0.5, 0.6) is 0 Å². The van der Waals surface area contributed by atoms with Crippen molar-refractivity contribution in [2.24, 2.45) is 0 Å². The third kappa shape index (κ3) is 5.31. The Hall–Kier alpha value is -2.88. The molecule has 2 aromatic carbocycles. The van der Waals surface area contributed by atoms with Crippen molar-refractivity contribution in [3.63, 3.8) is 0 Å². The van der Waals surface area contributed by atoms with E-state index in [1.54, 1.807) is 67.4 Å². The van der Waals surface area contributed by atoms with Gasteiger partial charge in [0.1, 0.15) is 0 Å². The first-order valence-corrected chi connectivity index (χ1v) is 8.34. The van der Waals surface area contributed by atoms with Crippen LogP contribution in [0, 0.1) is 11.3 Å². The Balaban J connectivity index is 1.92. The van der Waals surface area contributed by atoms with Crippen LogP contribution in [-0.2, 0) is 9.59 Å². The molecule has 26 heavy (non-hydrogen) atoms. The average Bonchev–Trinajstić information content (AvgIpc) is 2.63. The molecular formula is C19H19ClN4O2. The van der Waals surface area contributed by atoms with Crippen LogP contribution in [0.2, 0.25) is 5.02 Å². The second kappa shape index (κ2) is 8.99. The van der Waals surface area contributed by atoms with Gasteiger partial charge < -0.3 is 10.6 Å². The summed E-state index contributed by atoms with van der Waals surface area (Å²) >= 11 is 6.02. The van der Waals surface area contributed by atoms with Crippen LogP contribution in [0.15, 0.2) is 48.5 Å². The Labute approximate surface area is 157 Å². The highest BCUT2D eigenvalue weighted by atomic mass is 35.5. The van der Waals surface area contributed by atoms with Crippen LogP contribution >= 0.6 is 11.6 Å².